The summed E-state index contributed by atoms with van der Waals surface area (Å²) in [7, 11) is 1.64. The van der Waals surface area contributed by atoms with Crippen molar-refractivity contribution in [3.8, 4) is 5.75 Å². The van der Waals surface area contributed by atoms with Crippen molar-refractivity contribution in [3.05, 3.63) is 29.3 Å². The molecule has 0 saturated carbocycles. The van der Waals surface area contributed by atoms with Crippen molar-refractivity contribution in [3.63, 3.8) is 0 Å². The smallest absolute Gasteiger partial charge is 0.123 e. The fraction of sp³-hybridized carbons (Fsp3) is 0.500. The summed E-state index contributed by atoms with van der Waals surface area (Å²) in [5.41, 5.74) is 2.22. The van der Waals surface area contributed by atoms with Crippen LogP contribution in [0.25, 0.3) is 0 Å². The molecule has 0 aliphatic rings. The van der Waals surface area contributed by atoms with Crippen LogP contribution in [0.15, 0.2) is 18.2 Å². The zero-order valence-corrected chi connectivity index (χ0v) is 9.73. The second-order valence-electron chi connectivity index (χ2n) is 3.78. The van der Waals surface area contributed by atoms with Crippen LogP contribution >= 0.6 is 0 Å². The molecule has 0 spiro atoms. The Labute approximate surface area is 95.9 Å². The molecule has 4 nitrogen and oxygen atoms in total. The van der Waals surface area contributed by atoms with Crippen molar-refractivity contribution in [1.82, 2.24) is 5.32 Å². The molecule has 1 aromatic carbocycles. The molecule has 0 aliphatic heterocycles. The minimum atomic E-state index is -0.712. The van der Waals surface area contributed by atoms with Gasteiger partial charge in [-0.1, -0.05) is 17.7 Å². The Morgan fingerprint density at radius 3 is 2.81 bits per heavy atom. The largest absolute Gasteiger partial charge is 0.496 e. The number of hydrogen-bond acceptors (Lipinski definition) is 4. The van der Waals surface area contributed by atoms with Gasteiger partial charge in [0, 0.05) is 18.7 Å². The van der Waals surface area contributed by atoms with Crippen molar-refractivity contribution in [2.75, 3.05) is 20.3 Å². The fourth-order valence-corrected chi connectivity index (χ4v) is 1.48. The van der Waals surface area contributed by atoms with Gasteiger partial charge in [0.15, 0.2) is 0 Å². The van der Waals surface area contributed by atoms with Gasteiger partial charge >= 0.3 is 0 Å². The molecule has 1 rings (SSSR count). The molecule has 0 fully saturated rings. The van der Waals surface area contributed by atoms with Gasteiger partial charge in [-0.25, -0.2) is 0 Å². The molecule has 0 saturated heterocycles. The Balaban J connectivity index is 2.55. The number of rotatable bonds is 6. The molecule has 3 N–H and O–H groups in total. The summed E-state index contributed by atoms with van der Waals surface area (Å²) in [6, 6.07) is 5.96. The quantitative estimate of drug-likeness (QED) is 0.657. The van der Waals surface area contributed by atoms with Crippen LogP contribution in [0.2, 0.25) is 0 Å². The van der Waals surface area contributed by atoms with E-state index in [1.54, 1.807) is 7.11 Å². The lowest BCUT2D eigenvalue weighted by molar-refractivity contribution is 0.0942. The van der Waals surface area contributed by atoms with E-state index in [0.717, 1.165) is 11.3 Å². The Kier molecular flexibility index (Phi) is 5.25. The number of nitrogens with one attached hydrogen (secondary N) is 1. The fourth-order valence-electron chi connectivity index (χ4n) is 1.48. The second-order valence-corrected chi connectivity index (χ2v) is 3.78. The van der Waals surface area contributed by atoms with E-state index in [1.807, 2.05) is 25.1 Å². The van der Waals surface area contributed by atoms with E-state index in [9.17, 15) is 5.11 Å². The number of aliphatic hydroxyl groups is 2. The summed E-state index contributed by atoms with van der Waals surface area (Å²) < 4.78 is 5.23. The first-order valence-electron chi connectivity index (χ1n) is 5.30. The van der Waals surface area contributed by atoms with E-state index in [4.69, 9.17) is 9.84 Å². The number of hydrogen-bond donors (Lipinski definition) is 3. The molecule has 0 bridgehead atoms. The average molecular weight is 225 g/mol. The van der Waals surface area contributed by atoms with Gasteiger partial charge in [-0.2, -0.15) is 0 Å². The second kappa shape index (κ2) is 6.48. The van der Waals surface area contributed by atoms with Gasteiger partial charge in [0.25, 0.3) is 0 Å². The lowest BCUT2D eigenvalue weighted by Gasteiger charge is -2.12. The van der Waals surface area contributed by atoms with Gasteiger partial charge in [0.1, 0.15) is 5.75 Å². The van der Waals surface area contributed by atoms with E-state index in [0.29, 0.717) is 13.1 Å². The van der Waals surface area contributed by atoms with E-state index < -0.39 is 6.10 Å². The third-order valence-electron chi connectivity index (χ3n) is 2.34. The first kappa shape index (κ1) is 13.0. The maximum Gasteiger partial charge on any atom is 0.123 e. The van der Waals surface area contributed by atoms with Crippen molar-refractivity contribution in [2.45, 2.75) is 19.6 Å². The number of aliphatic hydroxyl groups excluding tert-OH is 2. The van der Waals surface area contributed by atoms with Crippen molar-refractivity contribution in [1.29, 1.82) is 0 Å². The van der Waals surface area contributed by atoms with Gasteiger partial charge in [-0.05, 0) is 13.0 Å². The molecular formula is C12H19NO3. The zero-order valence-electron chi connectivity index (χ0n) is 9.73. The van der Waals surface area contributed by atoms with Crippen LogP contribution in [0.5, 0.6) is 5.75 Å². The zero-order chi connectivity index (χ0) is 12.0. The molecule has 0 amide bonds. The number of methoxy groups -OCH3 is 1. The van der Waals surface area contributed by atoms with Crippen LogP contribution in [0.3, 0.4) is 0 Å². The van der Waals surface area contributed by atoms with Crippen LogP contribution in [-0.2, 0) is 6.54 Å². The first-order chi connectivity index (χ1) is 7.67. The highest BCUT2D eigenvalue weighted by Crippen LogP contribution is 2.19. The lowest BCUT2D eigenvalue weighted by Crippen LogP contribution is -2.29. The monoisotopic (exact) mass is 225 g/mol. The molecule has 4 heteroatoms. The molecule has 0 aliphatic carbocycles. The third-order valence-corrected chi connectivity index (χ3v) is 2.34. The predicted octanol–water partition coefficient (Wildman–Crippen LogP) is 0.446. The van der Waals surface area contributed by atoms with E-state index in [1.165, 1.54) is 5.56 Å². The summed E-state index contributed by atoms with van der Waals surface area (Å²) in [5.74, 6) is 0.830. The minimum absolute atomic E-state index is 0.224. The highest BCUT2D eigenvalue weighted by atomic mass is 16.5. The highest BCUT2D eigenvalue weighted by molar-refractivity contribution is 5.36. The molecule has 16 heavy (non-hydrogen) atoms. The average Bonchev–Trinajstić information content (AvgIpc) is 2.29. The minimum Gasteiger partial charge on any atom is -0.496 e. The SMILES string of the molecule is COc1ccc(C)cc1CNCC(O)CO. The molecule has 1 atom stereocenters. The summed E-state index contributed by atoms with van der Waals surface area (Å²) in [6.07, 6.45) is -0.712. The lowest BCUT2D eigenvalue weighted by atomic mass is 10.1. The number of ether oxygens (including phenoxy) is 1. The topological polar surface area (TPSA) is 61.7 Å². The third kappa shape index (κ3) is 3.81. The standard InChI is InChI=1S/C12H19NO3/c1-9-3-4-12(16-2)10(5-9)6-13-7-11(15)8-14/h3-5,11,13-15H,6-8H2,1-2H3. The Morgan fingerprint density at radius 2 is 2.19 bits per heavy atom. The van der Waals surface area contributed by atoms with Gasteiger partial charge in [0.2, 0.25) is 0 Å². The van der Waals surface area contributed by atoms with Crippen molar-refractivity contribution >= 4 is 0 Å². The van der Waals surface area contributed by atoms with Crippen molar-refractivity contribution < 1.29 is 14.9 Å². The van der Waals surface area contributed by atoms with Crippen LogP contribution in [-0.4, -0.2) is 36.6 Å². The van der Waals surface area contributed by atoms with Gasteiger partial charge in [-0.3, -0.25) is 0 Å². The van der Waals surface area contributed by atoms with Gasteiger partial charge in [-0.15, -0.1) is 0 Å². The molecule has 0 heterocycles. The van der Waals surface area contributed by atoms with Gasteiger partial charge in [0.05, 0.1) is 19.8 Å². The van der Waals surface area contributed by atoms with Crippen LogP contribution in [0, 0.1) is 6.92 Å². The normalized spacial score (nSPS) is 12.5. The predicted molar refractivity (Wildman–Crippen MR) is 62.5 cm³/mol. The first-order valence-corrected chi connectivity index (χ1v) is 5.30. The molecule has 90 valence electrons. The Hall–Kier alpha value is -1.10. The Morgan fingerprint density at radius 1 is 1.44 bits per heavy atom. The number of benzene rings is 1. The number of aryl methyl sites for hydroxylation is 1. The molecule has 1 aromatic rings. The summed E-state index contributed by atoms with van der Waals surface area (Å²) in [5, 5.41) is 20.9. The summed E-state index contributed by atoms with van der Waals surface area (Å²) in [4.78, 5) is 0. The van der Waals surface area contributed by atoms with Crippen LogP contribution in [0.4, 0.5) is 0 Å². The maximum atomic E-state index is 9.17. The molecule has 1 unspecified atom stereocenters. The maximum absolute atomic E-state index is 9.17. The van der Waals surface area contributed by atoms with E-state index in [-0.39, 0.29) is 6.61 Å². The molecular weight excluding hydrogens is 206 g/mol. The van der Waals surface area contributed by atoms with E-state index >= 15 is 0 Å². The van der Waals surface area contributed by atoms with Crippen LogP contribution in [0.1, 0.15) is 11.1 Å². The van der Waals surface area contributed by atoms with Crippen molar-refractivity contribution in [2.24, 2.45) is 0 Å². The Bertz CT molecular complexity index is 328. The highest BCUT2D eigenvalue weighted by Gasteiger charge is 2.04. The summed E-state index contributed by atoms with van der Waals surface area (Å²) >= 11 is 0. The molecule has 0 radical (unpaired) electrons. The summed E-state index contributed by atoms with van der Waals surface area (Å²) in [6.45, 7) is 2.78. The van der Waals surface area contributed by atoms with Crippen LogP contribution < -0.4 is 10.1 Å². The van der Waals surface area contributed by atoms with Gasteiger partial charge < -0.3 is 20.3 Å². The van der Waals surface area contributed by atoms with E-state index in [2.05, 4.69) is 5.32 Å². The molecule has 0 aromatic heterocycles.